The number of likely N-dealkylation sites (tertiary alicyclic amines) is 1. The third kappa shape index (κ3) is 5.93. The first-order valence-electron chi connectivity index (χ1n) is 8.46. The summed E-state index contributed by atoms with van der Waals surface area (Å²) in [5, 5.41) is 3.01. The number of nitrogens with one attached hydrogen (secondary N) is 1. The second kappa shape index (κ2) is 9.18. The number of unbranched alkanes of at least 4 members (excludes halogenated alkanes) is 1. The Labute approximate surface area is 137 Å². The highest BCUT2D eigenvalue weighted by Crippen LogP contribution is 2.17. The van der Waals surface area contributed by atoms with E-state index in [2.05, 4.69) is 12.2 Å². The van der Waals surface area contributed by atoms with Gasteiger partial charge in [-0.05, 0) is 43.4 Å². The molecule has 0 spiro atoms. The number of hydrogen-bond donors (Lipinski definition) is 1. The number of nitrogens with zero attached hydrogens (tertiary/aromatic N) is 1. The summed E-state index contributed by atoms with van der Waals surface area (Å²) in [6.07, 6.45) is 9.33. The number of amides is 2. The van der Waals surface area contributed by atoms with Gasteiger partial charge in [-0.25, -0.2) is 0 Å². The van der Waals surface area contributed by atoms with Crippen molar-refractivity contribution in [3.63, 3.8) is 0 Å². The molecule has 0 unspecified atom stereocenters. The Morgan fingerprint density at radius 1 is 1.39 bits per heavy atom. The van der Waals surface area contributed by atoms with Crippen molar-refractivity contribution in [2.24, 2.45) is 5.92 Å². The van der Waals surface area contributed by atoms with E-state index in [1.165, 1.54) is 0 Å². The zero-order valence-corrected chi connectivity index (χ0v) is 13.8. The van der Waals surface area contributed by atoms with Gasteiger partial charge in [-0.2, -0.15) is 0 Å². The molecule has 1 fully saturated rings. The van der Waals surface area contributed by atoms with E-state index in [4.69, 9.17) is 4.42 Å². The van der Waals surface area contributed by atoms with Gasteiger partial charge in [-0.15, -0.1) is 0 Å². The highest BCUT2D eigenvalue weighted by atomic mass is 16.3. The van der Waals surface area contributed by atoms with Gasteiger partial charge >= 0.3 is 0 Å². The lowest BCUT2D eigenvalue weighted by atomic mass is 9.96. The number of rotatable bonds is 7. The van der Waals surface area contributed by atoms with E-state index in [-0.39, 0.29) is 11.8 Å². The van der Waals surface area contributed by atoms with E-state index < -0.39 is 0 Å². The summed E-state index contributed by atoms with van der Waals surface area (Å²) in [7, 11) is 0. The van der Waals surface area contributed by atoms with E-state index in [9.17, 15) is 9.59 Å². The largest absolute Gasteiger partial charge is 0.465 e. The lowest BCUT2D eigenvalue weighted by Crippen LogP contribution is -2.40. The Morgan fingerprint density at radius 2 is 2.17 bits per heavy atom. The van der Waals surface area contributed by atoms with Crippen molar-refractivity contribution < 1.29 is 14.0 Å². The second-order valence-electron chi connectivity index (χ2n) is 6.03. The van der Waals surface area contributed by atoms with Gasteiger partial charge in [0.2, 0.25) is 11.8 Å². The number of carbonyl (C=O) groups excluding carboxylic acids is 2. The topological polar surface area (TPSA) is 62.6 Å². The van der Waals surface area contributed by atoms with Crippen LogP contribution in [0.3, 0.4) is 0 Å². The van der Waals surface area contributed by atoms with E-state index in [1.807, 2.05) is 11.0 Å². The predicted molar refractivity (Wildman–Crippen MR) is 89.6 cm³/mol. The highest BCUT2D eigenvalue weighted by Gasteiger charge is 2.21. The quantitative estimate of drug-likeness (QED) is 0.786. The standard InChI is InChI=1S/C18H26N2O3/c1-2-3-6-17(21)19-14-15-9-11-20(12-10-15)18(22)8-7-16-5-4-13-23-16/h4-5,7-8,13,15H,2-3,6,9-12,14H2,1H3,(H,19,21). The van der Waals surface area contributed by atoms with Gasteiger partial charge in [-0.3, -0.25) is 9.59 Å². The molecule has 0 aliphatic carbocycles. The highest BCUT2D eigenvalue weighted by molar-refractivity contribution is 5.91. The van der Waals surface area contributed by atoms with Gasteiger partial charge in [-0.1, -0.05) is 13.3 Å². The molecule has 0 atom stereocenters. The van der Waals surface area contributed by atoms with E-state index >= 15 is 0 Å². The maximum Gasteiger partial charge on any atom is 0.246 e. The molecule has 1 aromatic heterocycles. The fourth-order valence-corrected chi connectivity index (χ4v) is 2.69. The van der Waals surface area contributed by atoms with Crippen LogP contribution in [0, 0.1) is 5.92 Å². The molecule has 126 valence electrons. The van der Waals surface area contributed by atoms with Crippen LogP contribution in [0.4, 0.5) is 0 Å². The molecule has 0 radical (unpaired) electrons. The summed E-state index contributed by atoms with van der Waals surface area (Å²) in [6.45, 7) is 4.31. The SMILES string of the molecule is CCCCC(=O)NCC1CCN(C(=O)C=Cc2ccco2)CC1. The molecule has 2 heterocycles. The number of carbonyl (C=O) groups is 2. The Kier molecular flexibility index (Phi) is 6.91. The zero-order chi connectivity index (χ0) is 16.5. The minimum absolute atomic E-state index is 0.0202. The van der Waals surface area contributed by atoms with E-state index in [1.54, 1.807) is 24.5 Å². The van der Waals surface area contributed by atoms with Crippen LogP contribution in [0.1, 0.15) is 44.8 Å². The fraction of sp³-hybridized carbons (Fsp3) is 0.556. The van der Waals surface area contributed by atoms with Crippen molar-refractivity contribution >= 4 is 17.9 Å². The first-order chi connectivity index (χ1) is 11.2. The molecule has 1 saturated heterocycles. The minimum atomic E-state index is 0.0202. The van der Waals surface area contributed by atoms with Crippen molar-refractivity contribution in [3.05, 3.63) is 30.2 Å². The van der Waals surface area contributed by atoms with Crippen molar-refractivity contribution in [2.45, 2.75) is 39.0 Å². The van der Waals surface area contributed by atoms with Gasteiger partial charge in [0, 0.05) is 32.1 Å². The van der Waals surface area contributed by atoms with E-state index in [0.29, 0.717) is 18.1 Å². The number of furan rings is 1. The number of piperidine rings is 1. The Morgan fingerprint density at radius 3 is 2.83 bits per heavy atom. The van der Waals surface area contributed by atoms with Crippen LogP contribution in [0.15, 0.2) is 28.9 Å². The summed E-state index contributed by atoms with van der Waals surface area (Å²) >= 11 is 0. The summed E-state index contributed by atoms with van der Waals surface area (Å²) in [6, 6.07) is 3.61. The summed E-state index contributed by atoms with van der Waals surface area (Å²) in [5.41, 5.74) is 0. The van der Waals surface area contributed by atoms with Crippen molar-refractivity contribution in [1.29, 1.82) is 0 Å². The van der Waals surface area contributed by atoms with Gasteiger partial charge in [0.25, 0.3) is 0 Å². The van der Waals surface area contributed by atoms with Crippen LogP contribution in [-0.2, 0) is 9.59 Å². The molecule has 1 aliphatic rings. The van der Waals surface area contributed by atoms with Crippen LogP contribution in [-0.4, -0.2) is 36.3 Å². The van der Waals surface area contributed by atoms with Crippen LogP contribution < -0.4 is 5.32 Å². The molecule has 2 rings (SSSR count). The van der Waals surface area contributed by atoms with Gasteiger partial charge in [0.1, 0.15) is 5.76 Å². The van der Waals surface area contributed by atoms with Gasteiger partial charge in [0.15, 0.2) is 0 Å². The summed E-state index contributed by atoms with van der Waals surface area (Å²) in [5.74, 6) is 1.32. The number of hydrogen-bond acceptors (Lipinski definition) is 3. The van der Waals surface area contributed by atoms with Crippen molar-refractivity contribution in [1.82, 2.24) is 10.2 Å². The smallest absolute Gasteiger partial charge is 0.246 e. The van der Waals surface area contributed by atoms with Crippen LogP contribution in [0.2, 0.25) is 0 Å². The fourth-order valence-electron chi connectivity index (χ4n) is 2.69. The maximum atomic E-state index is 12.1. The molecule has 1 aromatic rings. The Bertz CT molecular complexity index is 514. The normalized spacial score (nSPS) is 16.0. The molecule has 2 amide bonds. The second-order valence-corrected chi connectivity index (χ2v) is 6.03. The van der Waals surface area contributed by atoms with Crippen molar-refractivity contribution in [2.75, 3.05) is 19.6 Å². The maximum absolute atomic E-state index is 12.1. The van der Waals surface area contributed by atoms with Crippen LogP contribution >= 0.6 is 0 Å². The first kappa shape index (κ1) is 17.3. The third-order valence-corrected chi connectivity index (χ3v) is 4.20. The van der Waals surface area contributed by atoms with Gasteiger partial charge in [0.05, 0.1) is 6.26 Å². The molecular weight excluding hydrogens is 292 g/mol. The molecule has 23 heavy (non-hydrogen) atoms. The average molecular weight is 318 g/mol. The van der Waals surface area contributed by atoms with E-state index in [0.717, 1.165) is 45.3 Å². The van der Waals surface area contributed by atoms with Crippen LogP contribution in [0.5, 0.6) is 0 Å². The van der Waals surface area contributed by atoms with Gasteiger partial charge < -0.3 is 14.6 Å². The molecule has 1 aliphatic heterocycles. The minimum Gasteiger partial charge on any atom is -0.465 e. The molecule has 0 saturated carbocycles. The lowest BCUT2D eigenvalue weighted by molar-refractivity contribution is -0.127. The monoisotopic (exact) mass is 318 g/mol. The Hall–Kier alpha value is -2.04. The molecule has 1 N–H and O–H groups in total. The molecular formula is C18H26N2O3. The van der Waals surface area contributed by atoms with Crippen molar-refractivity contribution in [3.8, 4) is 0 Å². The van der Waals surface area contributed by atoms with Crippen LogP contribution in [0.25, 0.3) is 6.08 Å². The average Bonchev–Trinajstić information content (AvgIpc) is 3.10. The first-order valence-corrected chi connectivity index (χ1v) is 8.46. The zero-order valence-electron chi connectivity index (χ0n) is 13.8. The summed E-state index contributed by atoms with van der Waals surface area (Å²) in [4.78, 5) is 25.6. The molecule has 0 bridgehead atoms. The lowest BCUT2D eigenvalue weighted by Gasteiger charge is -2.31. The molecule has 5 nitrogen and oxygen atoms in total. The predicted octanol–water partition coefficient (Wildman–Crippen LogP) is 2.84. The summed E-state index contributed by atoms with van der Waals surface area (Å²) < 4.78 is 5.17. The molecule has 0 aromatic carbocycles. The third-order valence-electron chi connectivity index (χ3n) is 4.20. The molecule has 5 heteroatoms. The Balaban J connectivity index is 1.67.